The van der Waals surface area contributed by atoms with Gasteiger partial charge < -0.3 is 14.9 Å². The molecule has 1 aliphatic heterocycles. The maximum absolute atomic E-state index is 13.7. The Balaban J connectivity index is 1.53. The SMILES string of the molecule is Cc1cc(-c2ccc(C3C(C#N)=C(NS(=O)(=O)c4ccc(N)cc4)Oc4c3c(=O)oc3ccccc43)cc2)cnc1F. The first-order valence-electron chi connectivity index (χ1n) is 12.6. The lowest BCUT2D eigenvalue weighted by Gasteiger charge is -2.28. The van der Waals surface area contributed by atoms with Gasteiger partial charge in [0.1, 0.15) is 17.2 Å². The Bertz CT molecular complexity index is 2120. The highest BCUT2D eigenvalue weighted by atomic mass is 32.2. The molecule has 0 spiro atoms. The summed E-state index contributed by atoms with van der Waals surface area (Å²) in [5.41, 5.74) is 7.77. The van der Waals surface area contributed by atoms with Crippen LogP contribution in [0.2, 0.25) is 0 Å². The van der Waals surface area contributed by atoms with E-state index in [0.29, 0.717) is 27.8 Å². The molecule has 6 rings (SSSR count). The quantitative estimate of drug-likeness (QED) is 0.165. The number of allylic oxidation sites excluding steroid dienone is 1. The van der Waals surface area contributed by atoms with E-state index in [0.717, 1.165) is 5.56 Å². The largest absolute Gasteiger partial charge is 0.438 e. The van der Waals surface area contributed by atoms with E-state index in [4.69, 9.17) is 14.9 Å². The van der Waals surface area contributed by atoms with Crippen molar-refractivity contribution in [2.75, 3.05) is 5.73 Å². The van der Waals surface area contributed by atoms with Crippen LogP contribution in [-0.4, -0.2) is 13.4 Å². The number of rotatable bonds is 5. The molecule has 1 aliphatic rings. The monoisotopic (exact) mass is 580 g/mol. The molecule has 5 aromatic rings. The van der Waals surface area contributed by atoms with Gasteiger partial charge in [-0.1, -0.05) is 36.4 Å². The molecular formula is C31H21FN4O5S. The summed E-state index contributed by atoms with van der Waals surface area (Å²) < 4.78 is 54.4. The van der Waals surface area contributed by atoms with Crippen LogP contribution in [0.5, 0.6) is 5.75 Å². The lowest BCUT2D eigenvalue weighted by Crippen LogP contribution is -2.33. The first kappa shape index (κ1) is 26.7. The normalized spacial score (nSPS) is 14.6. The van der Waals surface area contributed by atoms with Gasteiger partial charge in [0.25, 0.3) is 10.0 Å². The fourth-order valence-electron chi connectivity index (χ4n) is 4.86. The number of halogens is 1. The van der Waals surface area contributed by atoms with Crippen molar-refractivity contribution in [3.8, 4) is 22.9 Å². The van der Waals surface area contributed by atoms with Crippen molar-refractivity contribution in [1.82, 2.24) is 9.71 Å². The second-order valence-electron chi connectivity index (χ2n) is 9.65. The van der Waals surface area contributed by atoms with Gasteiger partial charge in [-0.3, -0.25) is 0 Å². The van der Waals surface area contributed by atoms with Crippen LogP contribution in [0.25, 0.3) is 22.1 Å². The van der Waals surface area contributed by atoms with Crippen molar-refractivity contribution >= 4 is 26.7 Å². The lowest BCUT2D eigenvalue weighted by molar-refractivity contribution is 0.374. The number of hydrogen-bond acceptors (Lipinski definition) is 8. The Morgan fingerprint density at radius 3 is 2.43 bits per heavy atom. The second-order valence-corrected chi connectivity index (χ2v) is 11.3. The molecule has 3 N–H and O–H groups in total. The number of nitrogens with one attached hydrogen (secondary N) is 1. The first-order chi connectivity index (χ1) is 20.2. The number of hydrogen-bond donors (Lipinski definition) is 2. The van der Waals surface area contributed by atoms with Gasteiger partial charge in [-0.05, 0) is 60.5 Å². The molecular weight excluding hydrogens is 559 g/mol. The van der Waals surface area contributed by atoms with E-state index >= 15 is 0 Å². The molecule has 0 bridgehead atoms. The number of pyridine rings is 1. The Morgan fingerprint density at radius 2 is 1.74 bits per heavy atom. The van der Waals surface area contributed by atoms with E-state index in [9.17, 15) is 22.9 Å². The smallest absolute Gasteiger partial charge is 0.344 e. The molecule has 1 atom stereocenters. The molecule has 42 heavy (non-hydrogen) atoms. The second kappa shape index (κ2) is 10.2. The van der Waals surface area contributed by atoms with E-state index in [1.54, 1.807) is 61.5 Å². The van der Waals surface area contributed by atoms with E-state index in [1.807, 2.05) is 6.07 Å². The van der Waals surface area contributed by atoms with Crippen molar-refractivity contribution in [1.29, 1.82) is 5.26 Å². The number of anilines is 1. The Kier molecular flexibility index (Phi) is 6.48. The third kappa shape index (κ3) is 4.63. The Morgan fingerprint density at radius 1 is 1.02 bits per heavy atom. The summed E-state index contributed by atoms with van der Waals surface area (Å²) in [4.78, 5) is 17.0. The van der Waals surface area contributed by atoms with Crippen molar-refractivity contribution in [3.63, 3.8) is 0 Å². The van der Waals surface area contributed by atoms with Crippen molar-refractivity contribution in [3.05, 3.63) is 130 Å². The van der Waals surface area contributed by atoms with Gasteiger partial charge in [0.2, 0.25) is 11.8 Å². The number of nitriles is 1. The number of aromatic nitrogens is 1. The van der Waals surface area contributed by atoms with Crippen LogP contribution < -0.4 is 20.8 Å². The van der Waals surface area contributed by atoms with Gasteiger partial charge in [0, 0.05) is 23.0 Å². The van der Waals surface area contributed by atoms with Crippen LogP contribution in [0.15, 0.2) is 111 Å². The van der Waals surface area contributed by atoms with Gasteiger partial charge in [-0.2, -0.15) is 9.65 Å². The predicted molar refractivity (Wildman–Crippen MR) is 153 cm³/mol. The van der Waals surface area contributed by atoms with Crippen LogP contribution in [0, 0.1) is 24.2 Å². The zero-order valence-electron chi connectivity index (χ0n) is 22.0. The molecule has 0 saturated heterocycles. The highest BCUT2D eigenvalue weighted by Gasteiger charge is 2.37. The summed E-state index contributed by atoms with van der Waals surface area (Å²) in [6.07, 6.45) is 1.41. The summed E-state index contributed by atoms with van der Waals surface area (Å²) in [5.74, 6) is -1.87. The number of nitrogens with two attached hydrogens (primary N) is 1. The molecule has 3 aromatic carbocycles. The van der Waals surface area contributed by atoms with Crippen molar-refractivity contribution in [2.24, 2.45) is 0 Å². The summed E-state index contributed by atoms with van der Waals surface area (Å²) in [5, 5.41) is 10.7. The minimum Gasteiger partial charge on any atom is -0.438 e. The summed E-state index contributed by atoms with van der Waals surface area (Å²) in [7, 11) is -4.22. The molecule has 9 nitrogen and oxygen atoms in total. The van der Waals surface area contributed by atoms with Gasteiger partial charge in [-0.25, -0.2) is 22.9 Å². The van der Waals surface area contributed by atoms with Gasteiger partial charge >= 0.3 is 5.63 Å². The third-order valence-electron chi connectivity index (χ3n) is 6.95. The van der Waals surface area contributed by atoms with E-state index in [-0.39, 0.29) is 33.2 Å². The minimum atomic E-state index is -4.22. The molecule has 0 radical (unpaired) electrons. The number of nitrogen functional groups attached to an aromatic ring is 1. The van der Waals surface area contributed by atoms with Crippen LogP contribution in [0.3, 0.4) is 0 Å². The maximum atomic E-state index is 13.7. The molecule has 0 amide bonds. The zero-order valence-corrected chi connectivity index (χ0v) is 22.8. The average molecular weight is 581 g/mol. The molecule has 1 unspecified atom stereocenters. The molecule has 3 heterocycles. The van der Waals surface area contributed by atoms with Gasteiger partial charge in [0.05, 0.1) is 21.8 Å². The average Bonchev–Trinajstić information content (AvgIpc) is 2.98. The number of para-hydroxylation sites is 1. The van der Waals surface area contributed by atoms with Crippen LogP contribution in [0.4, 0.5) is 10.1 Å². The van der Waals surface area contributed by atoms with E-state index in [1.165, 1.54) is 30.5 Å². The van der Waals surface area contributed by atoms with Crippen LogP contribution in [-0.2, 0) is 10.0 Å². The highest BCUT2D eigenvalue weighted by molar-refractivity contribution is 7.89. The first-order valence-corrected chi connectivity index (χ1v) is 14.1. The van der Waals surface area contributed by atoms with Crippen molar-refractivity contribution in [2.45, 2.75) is 17.7 Å². The molecule has 11 heteroatoms. The highest BCUT2D eigenvalue weighted by Crippen LogP contribution is 2.44. The van der Waals surface area contributed by atoms with Crippen LogP contribution in [0.1, 0.15) is 22.6 Å². The van der Waals surface area contributed by atoms with E-state index in [2.05, 4.69) is 9.71 Å². The summed E-state index contributed by atoms with van der Waals surface area (Å²) >= 11 is 0. The molecule has 2 aromatic heterocycles. The topological polar surface area (TPSA) is 148 Å². The molecule has 208 valence electrons. The number of fused-ring (bicyclic) bond motifs is 3. The summed E-state index contributed by atoms with van der Waals surface area (Å²) in [6.45, 7) is 1.61. The molecule has 0 fully saturated rings. The Hall–Kier alpha value is -5.47. The number of nitrogens with zero attached hydrogens (tertiary/aromatic N) is 2. The van der Waals surface area contributed by atoms with E-state index < -0.39 is 27.5 Å². The Labute approximate surface area is 239 Å². The van der Waals surface area contributed by atoms with Crippen LogP contribution >= 0.6 is 0 Å². The van der Waals surface area contributed by atoms with Crippen molar-refractivity contribution < 1.29 is 22.0 Å². The maximum Gasteiger partial charge on any atom is 0.344 e. The standard InChI is InChI=1S/C31H21FN4O5S/c1-17-14-20(16-35-29(17)32)18-6-8-19(9-7-18)26-24(15-33)30(36-42(38,39)22-12-10-21(34)11-13-22)41-28-23-4-2-3-5-25(23)40-31(37)27(26)28/h2-14,16,26,36H,34H2,1H3. The molecule has 0 aliphatic carbocycles. The number of benzene rings is 3. The number of ether oxygens (including phenoxy) is 1. The molecule has 0 saturated carbocycles. The van der Waals surface area contributed by atoms with Gasteiger partial charge in [-0.15, -0.1) is 0 Å². The lowest BCUT2D eigenvalue weighted by atomic mass is 9.83. The summed E-state index contributed by atoms with van der Waals surface area (Å²) in [6, 6.07) is 22.8. The minimum absolute atomic E-state index is 0.0488. The fourth-order valence-corrected chi connectivity index (χ4v) is 5.87. The number of aryl methyl sites for hydroxylation is 1. The van der Waals surface area contributed by atoms with Gasteiger partial charge in [0.15, 0.2) is 5.75 Å². The zero-order chi connectivity index (χ0) is 29.6. The number of sulfonamides is 1. The predicted octanol–water partition coefficient (Wildman–Crippen LogP) is 5.12. The fraction of sp³-hybridized carbons (Fsp3) is 0.0645. The third-order valence-corrected chi connectivity index (χ3v) is 8.30.